The Kier molecular flexibility index (Phi) is 4.76. The maximum absolute atomic E-state index is 4.59. The van der Waals surface area contributed by atoms with E-state index >= 15 is 0 Å². The van der Waals surface area contributed by atoms with Crippen molar-refractivity contribution in [3.8, 4) is 0 Å². The molecule has 2 rings (SSSR count). The fraction of sp³-hybridized carbons (Fsp3) is 0.786. The minimum Gasteiger partial charge on any atom is -0.311 e. The number of nitrogens with one attached hydrogen (secondary N) is 1. The number of aromatic nitrogens is 1. The summed E-state index contributed by atoms with van der Waals surface area (Å²) in [6.07, 6.45) is 3.14. The number of aryl methyl sites for hydroxylation is 1. The van der Waals surface area contributed by atoms with E-state index in [-0.39, 0.29) is 0 Å². The lowest BCUT2D eigenvalue weighted by molar-refractivity contribution is 0.134. The van der Waals surface area contributed by atoms with Crippen molar-refractivity contribution in [1.29, 1.82) is 0 Å². The van der Waals surface area contributed by atoms with Crippen molar-refractivity contribution in [3.05, 3.63) is 16.1 Å². The minimum atomic E-state index is 0.457. The number of rotatable bonds is 4. The first-order valence-electron chi connectivity index (χ1n) is 7.03. The molecule has 1 aliphatic rings. The molecular formula is C14H25N3S. The largest absolute Gasteiger partial charge is 0.311 e. The van der Waals surface area contributed by atoms with E-state index in [0.717, 1.165) is 26.1 Å². The predicted octanol–water partition coefficient (Wildman–Crippen LogP) is 2.70. The number of nitrogens with zero attached hydrogens (tertiary/aromatic N) is 2. The topological polar surface area (TPSA) is 28.2 Å². The van der Waals surface area contributed by atoms with Crippen LogP contribution in [0.15, 0.2) is 6.20 Å². The fourth-order valence-corrected chi connectivity index (χ4v) is 3.38. The zero-order valence-corrected chi connectivity index (χ0v) is 12.8. The zero-order chi connectivity index (χ0) is 13.1. The van der Waals surface area contributed by atoms with Gasteiger partial charge < -0.3 is 5.32 Å². The Morgan fingerprint density at radius 1 is 1.50 bits per heavy atom. The SMILES string of the molecule is CCc1cnc(C(C)N2CCNC(C(C)C)C2)s1. The summed E-state index contributed by atoms with van der Waals surface area (Å²) < 4.78 is 0. The van der Waals surface area contributed by atoms with Crippen LogP contribution in [0.2, 0.25) is 0 Å². The number of hydrogen-bond donors (Lipinski definition) is 1. The van der Waals surface area contributed by atoms with Crippen molar-refractivity contribution in [1.82, 2.24) is 15.2 Å². The van der Waals surface area contributed by atoms with E-state index in [2.05, 4.69) is 42.9 Å². The maximum atomic E-state index is 4.59. The summed E-state index contributed by atoms with van der Waals surface area (Å²) in [6.45, 7) is 12.4. The van der Waals surface area contributed by atoms with Crippen molar-refractivity contribution in [3.63, 3.8) is 0 Å². The Balaban J connectivity index is 2.01. The van der Waals surface area contributed by atoms with Crippen molar-refractivity contribution in [2.45, 2.75) is 46.2 Å². The Hall–Kier alpha value is -0.450. The molecule has 0 saturated carbocycles. The van der Waals surface area contributed by atoms with Gasteiger partial charge in [-0.15, -0.1) is 11.3 Å². The molecule has 0 spiro atoms. The summed E-state index contributed by atoms with van der Waals surface area (Å²) in [4.78, 5) is 8.55. The van der Waals surface area contributed by atoms with E-state index in [1.165, 1.54) is 9.88 Å². The number of hydrogen-bond acceptors (Lipinski definition) is 4. The van der Waals surface area contributed by atoms with Crippen LogP contribution in [0.1, 0.15) is 43.6 Å². The quantitative estimate of drug-likeness (QED) is 0.909. The predicted molar refractivity (Wildman–Crippen MR) is 78.1 cm³/mol. The summed E-state index contributed by atoms with van der Waals surface area (Å²) in [5, 5.41) is 4.89. The number of thiazole rings is 1. The molecule has 1 saturated heterocycles. The highest BCUT2D eigenvalue weighted by Gasteiger charge is 2.26. The molecule has 2 heterocycles. The van der Waals surface area contributed by atoms with Gasteiger partial charge in [-0.3, -0.25) is 4.90 Å². The summed E-state index contributed by atoms with van der Waals surface area (Å²) in [5.41, 5.74) is 0. The fourth-order valence-electron chi connectivity index (χ4n) is 2.44. The van der Waals surface area contributed by atoms with Crippen LogP contribution >= 0.6 is 11.3 Å². The van der Waals surface area contributed by atoms with Crippen molar-refractivity contribution < 1.29 is 0 Å². The summed E-state index contributed by atoms with van der Waals surface area (Å²) in [6, 6.07) is 1.07. The molecule has 1 aromatic heterocycles. The molecule has 0 amide bonds. The van der Waals surface area contributed by atoms with Gasteiger partial charge in [0, 0.05) is 36.8 Å². The lowest BCUT2D eigenvalue weighted by Gasteiger charge is -2.38. The molecule has 0 radical (unpaired) electrons. The second-order valence-electron chi connectivity index (χ2n) is 5.49. The van der Waals surface area contributed by atoms with Gasteiger partial charge in [-0.1, -0.05) is 20.8 Å². The van der Waals surface area contributed by atoms with Gasteiger partial charge in [-0.2, -0.15) is 0 Å². The average molecular weight is 267 g/mol. The molecule has 1 N–H and O–H groups in total. The van der Waals surface area contributed by atoms with Gasteiger partial charge in [-0.25, -0.2) is 4.98 Å². The summed E-state index contributed by atoms with van der Waals surface area (Å²) >= 11 is 1.87. The summed E-state index contributed by atoms with van der Waals surface area (Å²) in [5.74, 6) is 0.697. The monoisotopic (exact) mass is 267 g/mol. The second kappa shape index (κ2) is 6.13. The van der Waals surface area contributed by atoms with Gasteiger partial charge in [0.1, 0.15) is 5.01 Å². The van der Waals surface area contributed by atoms with Crippen LogP contribution in [0.3, 0.4) is 0 Å². The molecular weight excluding hydrogens is 242 g/mol. The van der Waals surface area contributed by atoms with Crippen LogP contribution < -0.4 is 5.32 Å². The Bertz CT molecular complexity index is 375. The first-order valence-corrected chi connectivity index (χ1v) is 7.85. The van der Waals surface area contributed by atoms with Gasteiger partial charge in [0.15, 0.2) is 0 Å². The molecule has 1 fully saturated rings. The second-order valence-corrected chi connectivity index (χ2v) is 6.64. The van der Waals surface area contributed by atoms with Crippen molar-refractivity contribution in [2.75, 3.05) is 19.6 Å². The molecule has 4 heteroatoms. The highest BCUT2D eigenvalue weighted by atomic mass is 32.1. The van der Waals surface area contributed by atoms with E-state index in [1.807, 2.05) is 17.5 Å². The molecule has 102 valence electrons. The molecule has 2 atom stereocenters. The summed E-state index contributed by atoms with van der Waals surface area (Å²) in [7, 11) is 0. The molecule has 18 heavy (non-hydrogen) atoms. The highest BCUT2D eigenvalue weighted by Crippen LogP contribution is 2.26. The van der Waals surface area contributed by atoms with E-state index in [0.29, 0.717) is 18.0 Å². The van der Waals surface area contributed by atoms with E-state index in [9.17, 15) is 0 Å². The molecule has 3 nitrogen and oxygen atoms in total. The third kappa shape index (κ3) is 3.11. The normalized spacial score (nSPS) is 23.5. The first-order chi connectivity index (χ1) is 8.61. The van der Waals surface area contributed by atoms with Crippen LogP contribution in [0, 0.1) is 5.92 Å². The van der Waals surface area contributed by atoms with Gasteiger partial charge in [0.05, 0.1) is 6.04 Å². The Morgan fingerprint density at radius 2 is 2.28 bits per heavy atom. The highest BCUT2D eigenvalue weighted by molar-refractivity contribution is 7.11. The van der Waals surface area contributed by atoms with Crippen molar-refractivity contribution >= 4 is 11.3 Å². The van der Waals surface area contributed by atoms with Gasteiger partial charge >= 0.3 is 0 Å². The lowest BCUT2D eigenvalue weighted by Crippen LogP contribution is -2.53. The van der Waals surface area contributed by atoms with E-state index in [4.69, 9.17) is 0 Å². The van der Waals surface area contributed by atoms with Crippen LogP contribution in [-0.2, 0) is 6.42 Å². The van der Waals surface area contributed by atoms with Crippen LogP contribution in [0.25, 0.3) is 0 Å². The molecule has 2 unspecified atom stereocenters. The van der Waals surface area contributed by atoms with Crippen LogP contribution in [0.4, 0.5) is 0 Å². The van der Waals surface area contributed by atoms with E-state index < -0.39 is 0 Å². The number of piperazine rings is 1. The average Bonchev–Trinajstić information content (AvgIpc) is 2.86. The molecule has 0 aliphatic carbocycles. The van der Waals surface area contributed by atoms with Gasteiger partial charge in [-0.05, 0) is 19.3 Å². The molecule has 0 aromatic carbocycles. The van der Waals surface area contributed by atoms with Gasteiger partial charge in [0.25, 0.3) is 0 Å². The minimum absolute atomic E-state index is 0.457. The van der Waals surface area contributed by atoms with Crippen molar-refractivity contribution in [2.24, 2.45) is 5.92 Å². The lowest BCUT2D eigenvalue weighted by atomic mass is 10.0. The molecule has 1 aliphatic heterocycles. The maximum Gasteiger partial charge on any atom is 0.110 e. The van der Waals surface area contributed by atoms with E-state index in [1.54, 1.807) is 0 Å². The van der Waals surface area contributed by atoms with Crippen LogP contribution in [0.5, 0.6) is 0 Å². The Morgan fingerprint density at radius 3 is 2.89 bits per heavy atom. The zero-order valence-electron chi connectivity index (χ0n) is 11.9. The molecule has 1 aromatic rings. The first kappa shape index (κ1) is 14.0. The standard InChI is InChI=1S/C14H25N3S/c1-5-12-8-16-14(18-12)11(4)17-7-6-15-13(9-17)10(2)3/h8,10-11,13,15H,5-7,9H2,1-4H3. The third-order valence-corrected chi connectivity index (χ3v) is 5.18. The van der Waals surface area contributed by atoms with Crippen LogP contribution in [-0.4, -0.2) is 35.6 Å². The third-order valence-electron chi connectivity index (χ3n) is 3.87. The Labute approximate surface area is 115 Å². The smallest absolute Gasteiger partial charge is 0.110 e. The molecule has 0 bridgehead atoms. The van der Waals surface area contributed by atoms with Gasteiger partial charge in [0.2, 0.25) is 0 Å².